The van der Waals surface area contributed by atoms with Crippen molar-refractivity contribution < 1.29 is 43.5 Å². The van der Waals surface area contributed by atoms with Crippen LogP contribution < -0.4 is 9.47 Å². The van der Waals surface area contributed by atoms with Gasteiger partial charge in [0.05, 0.1) is 31.0 Å². The van der Waals surface area contributed by atoms with Crippen LogP contribution in [0.15, 0.2) is 24.0 Å². The lowest BCUT2D eigenvalue weighted by atomic mass is 9.50. The highest BCUT2D eigenvalue weighted by Gasteiger charge is 2.72. The number of benzene rings is 1. The Labute approximate surface area is 202 Å². The van der Waals surface area contributed by atoms with Gasteiger partial charge in [-0.3, -0.25) is 9.59 Å². The molecule has 1 aromatic carbocycles. The topological polar surface area (TPSA) is 132 Å². The van der Waals surface area contributed by atoms with E-state index in [4.69, 9.17) is 24.1 Å². The number of piperidine rings is 1. The van der Waals surface area contributed by atoms with Crippen molar-refractivity contribution in [3.8, 4) is 11.5 Å². The van der Waals surface area contributed by atoms with Gasteiger partial charge in [0.1, 0.15) is 5.76 Å². The Hall–Kier alpha value is -3.11. The van der Waals surface area contributed by atoms with E-state index in [1.54, 1.807) is 13.2 Å². The first-order valence-corrected chi connectivity index (χ1v) is 11.7. The van der Waals surface area contributed by atoms with Gasteiger partial charge in [0.15, 0.2) is 23.7 Å². The minimum Gasteiger partial charge on any atom is -0.493 e. The van der Waals surface area contributed by atoms with Crippen LogP contribution in [0, 0.1) is 0 Å². The molecule has 188 valence electrons. The summed E-state index contributed by atoms with van der Waals surface area (Å²) in [6.45, 7) is 2.11. The van der Waals surface area contributed by atoms with Crippen LogP contribution in [0.5, 0.6) is 11.5 Å². The number of hydrogen-bond donors (Lipinski definition) is 2. The van der Waals surface area contributed by atoms with Gasteiger partial charge in [0, 0.05) is 18.0 Å². The van der Waals surface area contributed by atoms with E-state index >= 15 is 0 Å². The highest BCUT2D eigenvalue weighted by atomic mass is 16.6. The molecule has 2 aliphatic carbocycles. The number of aliphatic carboxylic acids is 1. The van der Waals surface area contributed by atoms with Gasteiger partial charge in [0.2, 0.25) is 0 Å². The summed E-state index contributed by atoms with van der Waals surface area (Å²) in [7, 11) is 3.57. The third kappa shape index (κ3) is 3.34. The molecule has 1 saturated heterocycles. The van der Waals surface area contributed by atoms with Crippen molar-refractivity contribution >= 4 is 17.9 Å². The Kier molecular flexibility index (Phi) is 5.56. The molecular weight excluding hydrogens is 458 g/mol. The molecule has 4 aliphatic rings. The Morgan fingerprint density at radius 2 is 2.06 bits per heavy atom. The Bertz CT molecular complexity index is 1130. The lowest BCUT2D eigenvalue weighted by Crippen LogP contribution is -2.74. The van der Waals surface area contributed by atoms with Gasteiger partial charge >= 0.3 is 17.9 Å². The molecule has 10 nitrogen and oxygen atoms in total. The predicted molar refractivity (Wildman–Crippen MR) is 120 cm³/mol. The maximum absolute atomic E-state index is 12.8. The molecule has 35 heavy (non-hydrogen) atoms. The number of carboxylic acid groups (broad SMARTS) is 1. The van der Waals surface area contributed by atoms with Crippen LogP contribution in [0.25, 0.3) is 0 Å². The molecule has 2 heterocycles. The van der Waals surface area contributed by atoms with Crippen LogP contribution in [0.1, 0.15) is 43.7 Å². The Morgan fingerprint density at radius 1 is 1.29 bits per heavy atom. The van der Waals surface area contributed by atoms with Gasteiger partial charge in [-0.15, -0.1) is 0 Å². The van der Waals surface area contributed by atoms with Crippen LogP contribution in [-0.2, 0) is 35.7 Å². The number of carbonyl (C=O) groups excluding carboxylic acids is 2. The Morgan fingerprint density at radius 3 is 2.77 bits per heavy atom. The van der Waals surface area contributed by atoms with Gasteiger partial charge in [0.25, 0.3) is 0 Å². The second-order valence-electron chi connectivity index (χ2n) is 9.73. The highest BCUT2D eigenvalue weighted by Crippen LogP contribution is 2.65. The average Bonchev–Trinajstić information content (AvgIpc) is 3.17. The smallest absolute Gasteiger partial charge is 0.352 e. The number of likely N-dealkylation sites (N-methyl/N-ethyl adjacent to an activating group) is 1. The molecular formula is C25H29NO9. The second-order valence-corrected chi connectivity index (χ2v) is 9.73. The van der Waals surface area contributed by atoms with Crippen LogP contribution in [0.4, 0.5) is 0 Å². The number of likely N-dealkylation sites (tertiary alicyclic amines) is 1. The maximum Gasteiger partial charge on any atom is 0.352 e. The van der Waals surface area contributed by atoms with E-state index in [9.17, 15) is 19.5 Å². The number of nitrogens with zero attached hydrogens (tertiary/aromatic N) is 1. The van der Waals surface area contributed by atoms with E-state index in [0.29, 0.717) is 24.3 Å². The summed E-state index contributed by atoms with van der Waals surface area (Å²) in [4.78, 5) is 37.5. The maximum atomic E-state index is 12.8. The molecule has 1 aromatic rings. The van der Waals surface area contributed by atoms with Crippen molar-refractivity contribution in [3.63, 3.8) is 0 Å². The monoisotopic (exact) mass is 487 g/mol. The van der Waals surface area contributed by atoms with E-state index in [-0.39, 0.29) is 31.1 Å². The van der Waals surface area contributed by atoms with Crippen LogP contribution in [0.3, 0.4) is 0 Å². The molecule has 0 amide bonds. The second kappa shape index (κ2) is 8.23. The summed E-state index contributed by atoms with van der Waals surface area (Å²) < 4.78 is 22.7. The summed E-state index contributed by atoms with van der Waals surface area (Å²) in [5.41, 5.74) is 0.0642. The quantitative estimate of drug-likeness (QED) is 0.543. The van der Waals surface area contributed by atoms with E-state index in [0.717, 1.165) is 17.7 Å². The van der Waals surface area contributed by atoms with Crippen molar-refractivity contribution in [1.82, 2.24) is 4.90 Å². The van der Waals surface area contributed by atoms with Gasteiger partial charge in [-0.05, 0) is 51.1 Å². The number of carbonyl (C=O) groups is 3. The number of rotatable bonds is 7. The predicted octanol–water partition coefficient (Wildman–Crippen LogP) is 1.31. The fourth-order valence-electron chi connectivity index (χ4n) is 6.30. The van der Waals surface area contributed by atoms with E-state index in [1.807, 2.05) is 19.2 Å². The van der Waals surface area contributed by atoms with Crippen molar-refractivity contribution in [2.75, 3.05) is 20.7 Å². The lowest BCUT2D eigenvalue weighted by Gasteiger charge is -2.61. The zero-order chi connectivity index (χ0) is 25.1. The molecule has 5 atom stereocenters. The first-order valence-electron chi connectivity index (χ1n) is 11.7. The number of hydrogen-bond acceptors (Lipinski definition) is 9. The number of methoxy groups -OCH3 is 1. The van der Waals surface area contributed by atoms with Crippen molar-refractivity contribution in [2.24, 2.45) is 0 Å². The summed E-state index contributed by atoms with van der Waals surface area (Å²) in [6, 6.07) is 3.74. The van der Waals surface area contributed by atoms with Crippen LogP contribution in [0.2, 0.25) is 0 Å². The largest absolute Gasteiger partial charge is 0.493 e. The minimum absolute atomic E-state index is 0.128. The molecule has 0 radical (unpaired) electrons. The summed E-state index contributed by atoms with van der Waals surface area (Å²) in [5, 5.41) is 20.9. The third-order valence-electron chi connectivity index (χ3n) is 7.96. The van der Waals surface area contributed by atoms with Gasteiger partial charge in [-0.2, -0.15) is 0 Å². The Balaban J connectivity index is 1.45. The number of carboxylic acids is 1. The fourth-order valence-corrected chi connectivity index (χ4v) is 6.30. The van der Waals surface area contributed by atoms with Crippen molar-refractivity contribution in [2.45, 2.75) is 68.3 Å². The molecule has 0 saturated carbocycles. The molecule has 1 spiro atoms. The standard InChI is InChI=1S/C25H29NO9/c1-13(33-19(29)7-6-18(27)28)23(30)34-16-8-9-25(31)17-12-14-4-5-15(32-3)21-20(14)24(25,22(16)35-21)10-11-26(17)2/h4-5,8,13,17,22,31H,6-7,9-12H2,1-3H3,(H,27,28)/t13-,17-,22+,24+,25-/m0/s1. The SMILES string of the molecule is COc1ccc2c3c1O[C@@H]1C(OC(=O)[C@H](C)OC(=O)CCC(=O)O)=CC[C@]4(O)[C@H](C2)N(C)CC[C@@]314. The summed E-state index contributed by atoms with van der Waals surface area (Å²) >= 11 is 0. The molecule has 2 N–H and O–H groups in total. The number of esters is 2. The summed E-state index contributed by atoms with van der Waals surface area (Å²) in [5.74, 6) is -1.34. The summed E-state index contributed by atoms with van der Waals surface area (Å²) in [6.07, 6.45) is 0.516. The van der Waals surface area contributed by atoms with E-state index in [2.05, 4.69) is 4.90 Å². The molecule has 0 aromatic heterocycles. The molecule has 0 unspecified atom stereocenters. The zero-order valence-electron chi connectivity index (χ0n) is 19.9. The third-order valence-corrected chi connectivity index (χ3v) is 7.96. The fraction of sp³-hybridized carbons (Fsp3) is 0.560. The number of ether oxygens (including phenoxy) is 4. The normalized spacial score (nSPS) is 30.9. The number of aliphatic hydroxyl groups is 1. The minimum atomic E-state index is -1.24. The first-order chi connectivity index (χ1) is 16.6. The first kappa shape index (κ1) is 23.6. The van der Waals surface area contributed by atoms with E-state index < -0.39 is 41.1 Å². The van der Waals surface area contributed by atoms with Gasteiger partial charge < -0.3 is 34.1 Å². The van der Waals surface area contributed by atoms with Crippen molar-refractivity contribution in [1.29, 1.82) is 0 Å². The molecule has 2 bridgehead atoms. The average molecular weight is 488 g/mol. The lowest BCUT2D eigenvalue weighted by molar-refractivity contribution is -0.175. The van der Waals surface area contributed by atoms with E-state index in [1.165, 1.54) is 6.92 Å². The van der Waals surface area contributed by atoms with Gasteiger partial charge in [-0.1, -0.05) is 6.07 Å². The van der Waals surface area contributed by atoms with Crippen molar-refractivity contribution in [3.05, 3.63) is 35.1 Å². The molecule has 2 aliphatic heterocycles. The van der Waals surface area contributed by atoms with Crippen LogP contribution >= 0.6 is 0 Å². The van der Waals surface area contributed by atoms with Crippen LogP contribution in [-0.4, -0.2) is 77.6 Å². The molecule has 5 rings (SSSR count). The zero-order valence-corrected chi connectivity index (χ0v) is 19.9. The van der Waals surface area contributed by atoms with Gasteiger partial charge in [-0.25, -0.2) is 4.79 Å². The highest BCUT2D eigenvalue weighted by molar-refractivity contribution is 5.81. The molecule has 1 fully saturated rings. The molecule has 10 heteroatoms.